The first-order chi connectivity index (χ1) is 24.6. The number of hydrogen-bond donors (Lipinski definition) is 1. The molecule has 0 aromatic rings. The Kier molecular flexibility index (Phi) is 33.8. The van der Waals surface area contributed by atoms with Gasteiger partial charge in [0, 0.05) is 19.3 Å². The van der Waals surface area contributed by atoms with Crippen molar-refractivity contribution in [2.24, 2.45) is 0 Å². The summed E-state index contributed by atoms with van der Waals surface area (Å²) < 4.78 is 17.2. The summed E-state index contributed by atoms with van der Waals surface area (Å²) in [6, 6.07) is -0.611. The van der Waals surface area contributed by atoms with Gasteiger partial charge in [0.15, 0.2) is 12.1 Å². The van der Waals surface area contributed by atoms with Crippen molar-refractivity contribution in [2.45, 2.75) is 206 Å². The number of hydrogen-bond acceptors (Lipinski definition) is 6. The highest BCUT2D eigenvalue weighted by molar-refractivity contribution is 5.72. The van der Waals surface area contributed by atoms with Gasteiger partial charge in [-0.1, -0.05) is 148 Å². The van der Waals surface area contributed by atoms with Crippen molar-refractivity contribution < 1.29 is 38.2 Å². The fourth-order valence-corrected chi connectivity index (χ4v) is 6.32. The molecule has 1 N–H and O–H groups in total. The van der Waals surface area contributed by atoms with Crippen LogP contribution < -0.4 is 0 Å². The molecule has 0 aromatic heterocycles. The second kappa shape index (κ2) is 35.1. The van der Waals surface area contributed by atoms with E-state index in [1.54, 1.807) is 0 Å². The summed E-state index contributed by atoms with van der Waals surface area (Å²) >= 11 is 0. The topological polar surface area (TPSA) is 99.1 Å². The molecule has 0 saturated carbocycles. The molecule has 0 amide bonds. The summed E-state index contributed by atoms with van der Waals surface area (Å²) in [5.41, 5.74) is 0. The molecule has 8 heteroatoms. The quantitative estimate of drug-likeness (QED) is 0.0293. The van der Waals surface area contributed by atoms with Crippen LogP contribution in [0.5, 0.6) is 0 Å². The summed E-state index contributed by atoms with van der Waals surface area (Å²) in [4.78, 5) is 36.9. The molecule has 300 valence electrons. The molecule has 0 bridgehead atoms. The molecule has 2 atom stereocenters. The number of rotatable bonds is 38. The third kappa shape index (κ3) is 33.6. The fourth-order valence-electron chi connectivity index (χ4n) is 6.32. The Morgan fingerprint density at radius 2 is 0.980 bits per heavy atom. The fraction of sp³-hybridized carbons (Fsp3) is 0.884. The van der Waals surface area contributed by atoms with E-state index in [0.29, 0.717) is 19.3 Å². The average molecular weight is 725 g/mol. The first-order valence-corrected chi connectivity index (χ1v) is 21.2. The number of unbranched alkanes of at least 4 members (excludes halogenated alkanes) is 22. The zero-order valence-electron chi connectivity index (χ0n) is 34.1. The third-order valence-electron chi connectivity index (χ3n) is 9.66. The number of likely N-dealkylation sites (N-methyl/N-ethyl adjacent to an activating group) is 1. The molecule has 0 fully saturated rings. The van der Waals surface area contributed by atoms with E-state index < -0.39 is 18.1 Å². The van der Waals surface area contributed by atoms with Crippen molar-refractivity contribution in [2.75, 3.05) is 41.0 Å². The highest BCUT2D eigenvalue weighted by Crippen LogP contribution is 2.15. The average Bonchev–Trinajstić information content (AvgIpc) is 3.08. The van der Waals surface area contributed by atoms with Gasteiger partial charge in [-0.15, -0.1) is 0 Å². The van der Waals surface area contributed by atoms with Gasteiger partial charge in [-0.25, -0.2) is 4.79 Å². The molecule has 8 nitrogen and oxygen atoms in total. The number of nitrogens with zero attached hydrogens (tertiary/aromatic N) is 1. The van der Waals surface area contributed by atoms with Gasteiger partial charge in [-0.05, 0) is 38.5 Å². The summed E-state index contributed by atoms with van der Waals surface area (Å²) in [6.45, 7) is 4.73. The Morgan fingerprint density at radius 1 is 0.569 bits per heavy atom. The lowest BCUT2D eigenvalue weighted by atomic mass is 10.0. The first-order valence-electron chi connectivity index (χ1n) is 21.2. The lowest BCUT2D eigenvalue weighted by molar-refractivity contribution is -0.887. The van der Waals surface area contributed by atoms with Gasteiger partial charge < -0.3 is 23.8 Å². The maximum absolute atomic E-state index is 12.7. The molecular weight excluding hydrogens is 642 g/mol. The number of carbonyl (C=O) groups is 3. The molecule has 2 unspecified atom stereocenters. The van der Waals surface area contributed by atoms with Crippen LogP contribution in [0, 0.1) is 0 Å². The summed E-state index contributed by atoms with van der Waals surface area (Å²) in [7, 11) is 5.52. The smallest absolute Gasteiger partial charge is 0.362 e. The lowest BCUT2D eigenvalue weighted by Gasteiger charge is -2.31. The van der Waals surface area contributed by atoms with Gasteiger partial charge in [-0.3, -0.25) is 9.59 Å². The van der Waals surface area contributed by atoms with Crippen LogP contribution in [0.1, 0.15) is 194 Å². The van der Waals surface area contributed by atoms with E-state index in [1.165, 1.54) is 109 Å². The SMILES string of the molecule is CCCCCCCCC/C=C/CCCCCC(=O)OCC(COCCC(C(=O)O)[N+](C)(C)C)OC(=O)CCCCCCCCCCCCCCC. The Labute approximate surface area is 314 Å². The summed E-state index contributed by atoms with van der Waals surface area (Å²) in [5, 5.41) is 9.60. The Bertz CT molecular complexity index is 854. The Morgan fingerprint density at radius 3 is 1.43 bits per heavy atom. The van der Waals surface area contributed by atoms with E-state index in [2.05, 4.69) is 26.0 Å². The van der Waals surface area contributed by atoms with Crippen LogP contribution >= 0.6 is 0 Å². The molecule has 0 rings (SSSR count). The predicted molar refractivity (Wildman–Crippen MR) is 211 cm³/mol. The third-order valence-corrected chi connectivity index (χ3v) is 9.66. The summed E-state index contributed by atoms with van der Waals surface area (Å²) in [6.07, 6.45) is 35.3. The monoisotopic (exact) mass is 725 g/mol. The van der Waals surface area contributed by atoms with Gasteiger partial charge >= 0.3 is 17.9 Å². The number of carbonyl (C=O) groups excluding carboxylic acids is 2. The number of allylic oxidation sites excluding steroid dienone is 2. The predicted octanol–water partition coefficient (Wildman–Crippen LogP) is 11.1. The number of aliphatic carboxylic acids is 1. The standard InChI is InChI=1S/C43H81NO7/c1-6-8-10-12-14-16-18-20-22-23-25-27-29-31-33-41(45)50-38-39(37-49-36-35-40(43(47)48)44(3,4)5)51-42(46)34-32-30-28-26-24-21-19-17-15-13-11-9-7-2/h22-23,39-40H,6-21,24-38H2,1-5H3/p+1/b23-22+. The number of carboxylic acid groups (broad SMARTS) is 1. The molecule has 0 saturated heterocycles. The number of quaternary nitrogens is 1. The zero-order valence-corrected chi connectivity index (χ0v) is 34.1. The minimum absolute atomic E-state index is 0.0534. The van der Waals surface area contributed by atoms with E-state index in [9.17, 15) is 19.5 Å². The first kappa shape index (κ1) is 49.1. The van der Waals surface area contributed by atoms with Crippen LogP contribution in [0.15, 0.2) is 12.2 Å². The van der Waals surface area contributed by atoms with Crippen molar-refractivity contribution in [3.8, 4) is 0 Å². The van der Waals surface area contributed by atoms with Gasteiger partial charge in [-0.2, -0.15) is 0 Å². The molecule has 0 heterocycles. The molecule has 51 heavy (non-hydrogen) atoms. The van der Waals surface area contributed by atoms with E-state index in [0.717, 1.165) is 51.4 Å². The minimum atomic E-state index is -0.875. The van der Waals surface area contributed by atoms with Crippen molar-refractivity contribution >= 4 is 17.9 Å². The lowest BCUT2D eigenvalue weighted by Crippen LogP contribution is -2.50. The molecular formula is C43H82NO7+. The van der Waals surface area contributed by atoms with Gasteiger partial charge in [0.25, 0.3) is 0 Å². The molecule has 0 aliphatic rings. The highest BCUT2D eigenvalue weighted by atomic mass is 16.6. The maximum Gasteiger partial charge on any atom is 0.362 e. The molecule has 0 aliphatic heterocycles. The Balaban J connectivity index is 4.37. The van der Waals surface area contributed by atoms with Gasteiger partial charge in [0.05, 0.1) is 34.4 Å². The van der Waals surface area contributed by atoms with Crippen LogP contribution in [0.2, 0.25) is 0 Å². The number of ether oxygens (including phenoxy) is 3. The number of esters is 2. The van der Waals surface area contributed by atoms with Crippen molar-refractivity contribution in [1.29, 1.82) is 0 Å². The normalized spacial score (nSPS) is 13.0. The Hall–Kier alpha value is -1.93. The molecule has 0 aliphatic carbocycles. The van der Waals surface area contributed by atoms with Gasteiger partial charge in [0.2, 0.25) is 0 Å². The number of carboxylic acids is 1. The second-order valence-corrected chi connectivity index (χ2v) is 15.6. The van der Waals surface area contributed by atoms with Crippen molar-refractivity contribution in [1.82, 2.24) is 0 Å². The summed E-state index contributed by atoms with van der Waals surface area (Å²) in [5.74, 6) is -1.48. The maximum atomic E-state index is 12.7. The van der Waals surface area contributed by atoms with Crippen molar-refractivity contribution in [3.05, 3.63) is 12.2 Å². The van der Waals surface area contributed by atoms with E-state index in [1.807, 2.05) is 21.1 Å². The van der Waals surface area contributed by atoms with Crippen LogP contribution in [0.3, 0.4) is 0 Å². The zero-order chi connectivity index (χ0) is 37.8. The van der Waals surface area contributed by atoms with E-state index in [4.69, 9.17) is 14.2 Å². The highest BCUT2D eigenvalue weighted by Gasteiger charge is 2.31. The van der Waals surface area contributed by atoms with E-state index in [-0.39, 0.29) is 36.2 Å². The molecule has 0 radical (unpaired) electrons. The minimum Gasteiger partial charge on any atom is -0.477 e. The van der Waals surface area contributed by atoms with Gasteiger partial charge in [0.1, 0.15) is 6.61 Å². The second-order valence-electron chi connectivity index (χ2n) is 15.6. The van der Waals surface area contributed by atoms with Crippen LogP contribution in [-0.2, 0) is 28.6 Å². The molecule has 0 aromatic carbocycles. The van der Waals surface area contributed by atoms with Crippen LogP contribution in [0.4, 0.5) is 0 Å². The largest absolute Gasteiger partial charge is 0.477 e. The van der Waals surface area contributed by atoms with Crippen LogP contribution in [0.25, 0.3) is 0 Å². The van der Waals surface area contributed by atoms with Crippen LogP contribution in [-0.4, -0.2) is 80.6 Å². The van der Waals surface area contributed by atoms with Crippen molar-refractivity contribution in [3.63, 3.8) is 0 Å². The van der Waals surface area contributed by atoms with E-state index >= 15 is 0 Å². The molecule has 0 spiro atoms.